The van der Waals surface area contributed by atoms with Crippen LogP contribution in [0.25, 0.3) is 0 Å². The van der Waals surface area contributed by atoms with Crippen LogP contribution >= 0.6 is 11.8 Å². The van der Waals surface area contributed by atoms with Gasteiger partial charge in [0.2, 0.25) is 0 Å². The van der Waals surface area contributed by atoms with Crippen molar-refractivity contribution < 1.29 is 14.4 Å². The predicted octanol–water partition coefficient (Wildman–Crippen LogP) is -0.511. The molecule has 0 aromatic carbocycles. The second-order valence-corrected chi connectivity index (χ2v) is 5.13. The van der Waals surface area contributed by atoms with Crippen LogP contribution in [0, 0.1) is 11.8 Å². The van der Waals surface area contributed by atoms with Crippen molar-refractivity contribution in [1.82, 2.24) is 5.06 Å². The second kappa shape index (κ2) is 3.07. The lowest BCUT2D eigenvalue weighted by Gasteiger charge is -2.14. The molecule has 80 valence electrons. The molecule has 3 heterocycles. The number of imide groups is 1. The summed E-state index contributed by atoms with van der Waals surface area (Å²) in [7, 11) is 0. The van der Waals surface area contributed by atoms with E-state index in [1.54, 1.807) is 11.8 Å². The summed E-state index contributed by atoms with van der Waals surface area (Å²) in [5, 5.41) is 1.13. The molecule has 0 aromatic heterocycles. The Morgan fingerprint density at radius 2 is 1.80 bits per heavy atom. The van der Waals surface area contributed by atoms with Crippen LogP contribution in [0.2, 0.25) is 0 Å². The first-order valence-corrected chi connectivity index (χ1v) is 5.73. The fourth-order valence-corrected chi connectivity index (χ4v) is 4.11. The Bertz CT molecular complexity index is 340. The van der Waals surface area contributed by atoms with Gasteiger partial charge in [0.05, 0.1) is 11.8 Å². The van der Waals surface area contributed by atoms with Gasteiger partial charge in [0, 0.05) is 10.5 Å². The van der Waals surface area contributed by atoms with E-state index in [1.807, 2.05) is 12.2 Å². The number of rotatable bonds is 2. The first-order valence-electron chi connectivity index (χ1n) is 4.78. The van der Waals surface area contributed by atoms with E-state index in [1.165, 1.54) is 0 Å². The molecule has 5 nitrogen and oxygen atoms in total. The van der Waals surface area contributed by atoms with Crippen LogP contribution in [0.5, 0.6) is 0 Å². The predicted molar refractivity (Wildman–Crippen MR) is 53.3 cm³/mol. The number of carbonyl (C=O) groups excluding carboxylic acids is 2. The highest BCUT2D eigenvalue weighted by Crippen LogP contribution is 2.53. The first kappa shape index (κ1) is 9.38. The summed E-state index contributed by atoms with van der Waals surface area (Å²) in [6.45, 7) is -0.146. The lowest BCUT2D eigenvalue weighted by molar-refractivity contribution is -0.188. The van der Waals surface area contributed by atoms with Crippen molar-refractivity contribution in [3.63, 3.8) is 0 Å². The number of nitrogens with zero attached hydrogens (tertiary/aromatic N) is 1. The van der Waals surface area contributed by atoms with Crippen LogP contribution in [0.3, 0.4) is 0 Å². The lowest BCUT2D eigenvalue weighted by Crippen LogP contribution is -2.35. The van der Waals surface area contributed by atoms with E-state index in [0.29, 0.717) is 0 Å². The van der Waals surface area contributed by atoms with Gasteiger partial charge in [0.25, 0.3) is 11.8 Å². The number of carbonyl (C=O) groups is 2. The first-order chi connectivity index (χ1) is 7.24. The lowest BCUT2D eigenvalue weighted by atomic mass is 9.85. The van der Waals surface area contributed by atoms with Crippen LogP contribution < -0.4 is 5.73 Å². The number of nitrogens with two attached hydrogens (primary N) is 1. The molecular formula is C9H10N2O3S. The summed E-state index contributed by atoms with van der Waals surface area (Å²) in [6.07, 6.45) is 4.02. The number of thioether (sulfide) groups is 1. The Morgan fingerprint density at radius 3 is 2.27 bits per heavy atom. The average Bonchev–Trinajstić information content (AvgIpc) is 2.87. The van der Waals surface area contributed by atoms with Gasteiger partial charge < -0.3 is 5.73 Å². The minimum atomic E-state index is -0.236. The Labute approximate surface area is 90.6 Å². The quantitative estimate of drug-likeness (QED) is 0.390. The Kier molecular flexibility index (Phi) is 1.92. The molecule has 0 aromatic rings. The second-order valence-electron chi connectivity index (χ2n) is 3.77. The van der Waals surface area contributed by atoms with Crippen LogP contribution in [0.15, 0.2) is 12.2 Å². The molecule has 3 rings (SSSR count). The van der Waals surface area contributed by atoms with Crippen molar-refractivity contribution in [2.24, 2.45) is 17.6 Å². The zero-order valence-corrected chi connectivity index (χ0v) is 8.65. The molecule has 3 aliphatic heterocycles. The highest BCUT2D eigenvalue weighted by molar-refractivity contribution is 8.01. The molecule has 0 radical (unpaired) electrons. The van der Waals surface area contributed by atoms with E-state index in [0.717, 1.165) is 5.06 Å². The van der Waals surface area contributed by atoms with Gasteiger partial charge in [-0.15, -0.1) is 11.8 Å². The van der Waals surface area contributed by atoms with Gasteiger partial charge in [-0.25, -0.2) is 4.84 Å². The number of fused-ring (bicyclic) bond motifs is 5. The van der Waals surface area contributed by atoms with Crippen LogP contribution in [-0.2, 0) is 14.4 Å². The molecule has 2 N–H and O–H groups in total. The molecule has 0 saturated carbocycles. The third-order valence-electron chi connectivity index (χ3n) is 3.07. The van der Waals surface area contributed by atoms with E-state index in [-0.39, 0.29) is 40.9 Å². The maximum atomic E-state index is 11.9. The minimum absolute atomic E-state index is 0.142. The van der Waals surface area contributed by atoms with Crippen molar-refractivity contribution in [3.05, 3.63) is 12.2 Å². The number of hydroxylamine groups is 2. The van der Waals surface area contributed by atoms with Gasteiger partial charge in [-0.3, -0.25) is 9.59 Å². The van der Waals surface area contributed by atoms with Crippen molar-refractivity contribution in [3.8, 4) is 0 Å². The highest BCUT2D eigenvalue weighted by atomic mass is 32.2. The summed E-state index contributed by atoms with van der Waals surface area (Å²) in [4.78, 5) is 28.6. The van der Waals surface area contributed by atoms with E-state index in [4.69, 9.17) is 10.6 Å². The smallest absolute Gasteiger partial charge is 0.258 e. The van der Waals surface area contributed by atoms with Gasteiger partial charge in [0.1, 0.15) is 6.73 Å². The number of amides is 2. The minimum Gasteiger partial charge on any atom is -0.306 e. The normalized spacial score (nSPS) is 41.8. The SMILES string of the molecule is NCON1C(=O)C2C3C=CC(S3)C2C1=O. The highest BCUT2D eigenvalue weighted by Gasteiger charge is 2.60. The molecule has 2 fully saturated rings. The van der Waals surface area contributed by atoms with Gasteiger partial charge in [-0.05, 0) is 0 Å². The molecule has 0 spiro atoms. The molecule has 2 bridgehead atoms. The van der Waals surface area contributed by atoms with E-state index in [2.05, 4.69) is 0 Å². The van der Waals surface area contributed by atoms with Gasteiger partial charge in [0.15, 0.2) is 0 Å². The maximum Gasteiger partial charge on any atom is 0.258 e. The third kappa shape index (κ3) is 1.07. The zero-order valence-electron chi connectivity index (χ0n) is 7.83. The van der Waals surface area contributed by atoms with Crippen molar-refractivity contribution in [2.75, 3.05) is 6.73 Å². The molecule has 15 heavy (non-hydrogen) atoms. The van der Waals surface area contributed by atoms with Crippen molar-refractivity contribution in [2.45, 2.75) is 10.5 Å². The van der Waals surface area contributed by atoms with Gasteiger partial charge >= 0.3 is 0 Å². The van der Waals surface area contributed by atoms with Crippen LogP contribution in [-0.4, -0.2) is 34.1 Å². The largest absolute Gasteiger partial charge is 0.306 e. The van der Waals surface area contributed by atoms with Crippen LogP contribution in [0.1, 0.15) is 0 Å². The Hall–Kier alpha value is -0.850. The van der Waals surface area contributed by atoms with Crippen molar-refractivity contribution in [1.29, 1.82) is 0 Å². The maximum absolute atomic E-state index is 11.9. The summed E-state index contributed by atoms with van der Waals surface area (Å²) < 4.78 is 0. The summed E-state index contributed by atoms with van der Waals surface area (Å²) in [5.74, 6) is -0.937. The summed E-state index contributed by atoms with van der Waals surface area (Å²) in [5.41, 5.74) is 5.18. The third-order valence-corrected chi connectivity index (χ3v) is 4.60. The molecule has 4 unspecified atom stereocenters. The molecule has 2 amide bonds. The molecule has 2 saturated heterocycles. The standard InChI is InChI=1S/C9H10N2O3S/c10-3-14-11-8(12)6-4-1-2-5(15-4)7(6)9(11)13/h1-2,4-7H,3,10H2. The fourth-order valence-electron chi connectivity index (χ4n) is 2.48. The average molecular weight is 226 g/mol. The molecule has 6 heteroatoms. The fraction of sp³-hybridized carbons (Fsp3) is 0.556. The molecular weight excluding hydrogens is 216 g/mol. The molecule has 3 aliphatic rings. The summed E-state index contributed by atoms with van der Waals surface area (Å²) in [6, 6.07) is 0. The molecule has 0 aliphatic carbocycles. The van der Waals surface area contributed by atoms with E-state index >= 15 is 0 Å². The van der Waals surface area contributed by atoms with Crippen LogP contribution in [0.4, 0.5) is 0 Å². The Morgan fingerprint density at radius 1 is 1.27 bits per heavy atom. The zero-order chi connectivity index (χ0) is 10.6. The van der Waals surface area contributed by atoms with Gasteiger partial charge in [-0.1, -0.05) is 12.2 Å². The number of hydrogen-bond acceptors (Lipinski definition) is 5. The van der Waals surface area contributed by atoms with Crippen molar-refractivity contribution >= 4 is 23.6 Å². The van der Waals surface area contributed by atoms with E-state index in [9.17, 15) is 9.59 Å². The number of hydrogen-bond donors (Lipinski definition) is 1. The monoisotopic (exact) mass is 226 g/mol. The topological polar surface area (TPSA) is 72.6 Å². The molecule has 4 atom stereocenters. The van der Waals surface area contributed by atoms with Gasteiger partial charge in [-0.2, -0.15) is 5.06 Å². The summed E-state index contributed by atoms with van der Waals surface area (Å²) >= 11 is 1.68. The van der Waals surface area contributed by atoms with E-state index < -0.39 is 0 Å². The Balaban J connectivity index is 1.93.